The average Bonchev–Trinajstić information content (AvgIpc) is 2.33. The number of rotatable bonds is 8. The number of benzene rings is 1. The number of unbranched alkanes of at least 4 members (excludes halogenated alkanes) is 5. The summed E-state index contributed by atoms with van der Waals surface area (Å²) in [5.74, 6) is 0. The van der Waals surface area contributed by atoms with Gasteiger partial charge in [-0.2, -0.15) is 4.89 Å². The summed E-state index contributed by atoms with van der Waals surface area (Å²) in [4.78, 5) is 9.28. The molecule has 0 radical (unpaired) electrons. The normalized spacial score (nSPS) is 11.6. The van der Waals surface area contributed by atoms with Gasteiger partial charge in [0.2, 0.25) is 5.30 Å². The van der Waals surface area contributed by atoms with Gasteiger partial charge in [0, 0.05) is 5.56 Å². The maximum Gasteiger partial charge on any atom is 0.546 e. The van der Waals surface area contributed by atoms with E-state index in [4.69, 9.17) is 0 Å². The van der Waals surface area contributed by atoms with Crippen molar-refractivity contribution in [1.29, 1.82) is 0 Å². The molecule has 1 aromatic carbocycles. The molecule has 1 atom stereocenters. The van der Waals surface area contributed by atoms with E-state index in [0.717, 1.165) is 24.0 Å². The van der Waals surface area contributed by atoms with Crippen LogP contribution in [-0.2, 0) is 11.0 Å². The van der Waals surface area contributed by atoms with Crippen LogP contribution in [0, 0.1) is 6.92 Å². The quantitative estimate of drug-likeness (QED) is 0.564. The number of hydrogen-bond donors (Lipinski definition) is 1. The second-order valence-electron chi connectivity index (χ2n) is 4.92. The fourth-order valence-corrected chi connectivity index (χ4v) is 2.82. The first-order valence-corrected chi connectivity index (χ1v) is 8.12. The zero-order valence-electron chi connectivity index (χ0n) is 11.5. The molecule has 0 amide bonds. The highest BCUT2D eigenvalue weighted by Crippen LogP contribution is 2.19. The van der Waals surface area contributed by atoms with Gasteiger partial charge in [-0.15, -0.1) is 0 Å². The fourth-order valence-electron chi connectivity index (χ4n) is 2.20. The fraction of sp³-hybridized carbons (Fsp3) is 0.600. The van der Waals surface area contributed by atoms with Gasteiger partial charge in [0.25, 0.3) is 0 Å². The van der Waals surface area contributed by atoms with Crippen molar-refractivity contribution in [2.24, 2.45) is 0 Å². The second-order valence-corrected chi connectivity index (χ2v) is 5.95. The molecule has 0 spiro atoms. The van der Waals surface area contributed by atoms with Gasteiger partial charge in [0.15, 0.2) is 0 Å². The molecule has 100 valence electrons. The molecule has 1 N–H and O–H groups in total. The molecule has 1 rings (SSSR count). The minimum absolute atomic E-state index is 0.615. The maximum absolute atomic E-state index is 11.3. The molecule has 18 heavy (non-hydrogen) atoms. The first-order valence-electron chi connectivity index (χ1n) is 6.90. The summed E-state index contributed by atoms with van der Waals surface area (Å²) in [5, 5.41) is 0.615. The van der Waals surface area contributed by atoms with Crippen LogP contribution >= 0.6 is 8.03 Å². The highest BCUT2D eigenvalue weighted by molar-refractivity contribution is 7.47. The zero-order valence-corrected chi connectivity index (χ0v) is 12.4. The lowest BCUT2D eigenvalue weighted by atomic mass is 10.0. The lowest BCUT2D eigenvalue weighted by Gasteiger charge is -2.03. The molecule has 1 unspecified atom stereocenters. The van der Waals surface area contributed by atoms with E-state index in [2.05, 4.69) is 6.92 Å². The Bertz CT molecular complexity index is 388. The molecule has 0 aliphatic rings. The Kier molecular flexibility index (Phi) is 7.15. The van der Waals surface area contributed by atoms with E-state index in [9.17, 15) is 9.46 Å². The summed E-state index contributed by atoms with van der Waals surface area (Å²) in [6, 6.07) is 5.74. The van der Waals surface area contributed by atoms with Gasteiger partial charge < -0.3 is 0 Å². The van der Waals surface area contributed by atoms with Crippen molar-refractivity contribution < 1.29 is 9.46 Å². The third kappa shape index (κ3) is 5.29. The van der Waals surface area contributed by atoms with E-state index >= 15 is 0 Å². The summed E-state index contributed by atoms with van der Waals surface area (Å²) in [6.45, 7) is 4.25. The van der Waals surface area contributed by atoms with Crippen molar-refractivity contribution in [2.75, 3.05) is 0 Å². The van der Waals surface area contributed by atoms with Crippen LogP contribution in [0.3, 0.4) is 0 Å². The van der Waals surface area contributed by atoms with Crippen LogP contribution in [0.15, 0.2) is 18.2 Å². The van der Waals surface area contributed by atoms with Crippen LogP contribution in [0.4, 0.5) is 0 Å². The number of hydrogen-bond acceptors (Lipinski definition) is 1. The Morgan fingerprint density at radius 3 is 2.44 bits per heavy atom. The molecule has 0 bridgehead atoms. The zero-order chi connectivity index (χ0) is 13.4. The summed E-state index contributed by atoms with van der Waals surface area (Å²) >= 11 is 0. The Morgan fingerprint density at radius 1 is 1.11 bits per heavy atom. The molecule has 0 aliphatic carbocycles. The van der Waals surface area contributed by atoms with Crippen molar-refractivity contribution in [3.8, 4) is 0 Å². The lowest BCUT2D eigenvalue weighted by molar-refractivity contribution is 0.513. The molecule has 2 nitrogen and oxygen atoms in total. The van der Waals surface area contributed by atoms with E-state index in [1.165, 1.54) is 32.1 Å². The molecule has 1 aromatic rings. The van der Waals surface area contributed by atoms with Crippen molar-refractivity contribution in [1.82, 2.24) is 0 Å². The van der Waals surface area contributed by atoms with Crippen LogP contribution in [-0.4, -0.2) is 4.89 Å². The van der Waals surface area contributed by atoms with Crippen LogP contribution < -0.4 is 5.30 Å². The van der Waals surface area contributed by atoms with Gasteiger partial charge in [-0.1, -0.05) is 56.7 Å². The smallest absolute Gasteiger partial charge is 0.156 e. The summed E-state index contributed by atoms with van der Waals surface area (Å²) in [6.07, 6.45) is 8.43. The van der Waals surface area contributed by atoms with Crippen molar-refractivity contribution in [2.45, 2.75) is 58.8 Å². The highest BCUT2D eigenvalue weighted by Gasteiger charge is 2.20. The maximum atomic E-state index is 11.3. The van der Waals surface area contributed by atoms with E-state index in [1.54, 1.807) is 6.07 Å². The molecule has 3 heteroatoms. The second kappa shape index (κ2) is 8.39. The third-order valence-electron chi connectivity index (χ3n) is 3.24. The molecule has 0 aromatic heterocycles. The van der Waals surface area contributed by atoms with Gasteiger partial charge in [0.05, 0.1) is 0 Å². The Morgan fingerprint density at radius 2 is 1.78 bits per heavy atom. The van der Waals surface area contributed by atoms with Gasteiger partial charge >= 0.3 is 8.03 Å². The summed E-state index contributed by atoms with van der Waals surface area (Å²) in [7, 11) is -2.21. The molecule has 0 saturated carbocycles. The Hall–Kier alpha value is -0.720. The molecule has 0 saturated heterocycles. The van der Waals surface area contributed by atoms with Crippen LogP contribution in [0.5, 0.6) is 0 Å². The molecular formula is C15H24O2P+. The van der Waals surface area contributed by atoms with Crippen molar-refractivity contribution >= 4 is 13.3 Å². The average molecular weight is 267 g/mol. The van der Waals surface area contributed by atoms with E-state index in [-0.39, 0.29) is 0 Å². The first kappa shape index (κ1) is 15.3. The summed E-state index contributed by atoms with van der Waals surface area (Å²) in [5.41, 5.74) is 2.21. The van der Waals surface area contributed by atoms with Crippen molar-refractivity contribution in [3.63, 3.8) is 0 Å². The van der Waals surface area contributed by atoms with E-state index in [1.807, 2.05) is 19.1 Å². The van der Waals surface area contributed by atoms with Crippen LogP contribution in [0.1, 0.15) is 56.6 Å². The van der Waals surface area contributed by atoms with Crippen LogP contribution in [0.2, 0.25) is 0 Å². The largest absolute Gasteiger partial charge is 0.546 e. The SMILES string of the molecule is CCCCCCCCc1cc(C)ccc1[P+](=O)O. The highest BCUT2D eigenvalue weighted by atomic mass is 31.1. The first-order chi connectivity index (χ1) is 8.65. The van der Waals surface area contributed by atoms with Crippen molar-refractivity contribution in [3.05, 3.63) is 29.3 Å². The molecule has 0 aliphatic heterocycles. The molecule has 0 heterocycles. The topological polar surface area (TPSA) is 37.3 Å². The summed E-state index contributed by atoms with van der Waals surface area (Å²) < 4.78 is 11.3. The molecular weight excluding hydrogens is 243 g/mol. The molecule has 0 fully saturated rings. The lowest BCUT2D eigenvalue weighted by Crippen LogP contribution is -2.06. The van der Waals surface area contributed by atoms with E-state index in [0.29, 0.717) is 5.30 Å². The number of aryl methyl sites for hydroxylation is 2. The minimum Gasteiger partial charge on any atom is -0.156 e. The monoisotopic (exact) mass is 267 g/mol. The van der Waals surface area contributed by atoms with Gasteiger partial charge in [0.1, 0.15) is 0 Å². The standard InChI is InChI=1S/C15H23O2P/c1-3-4-5-6-7-8-9-14-12-13(2)10-11-15(14)18(16)17/h10-12H,3-9H2,1-2H3/p+1. The van der Waals surface area contributed by atoms with Gasteiger partial charge in [-0.05, 0) is 30.4 Å². The minimum atomic E-state index is -2.21. The van der Waals surface area contributed by atoms with E-state index < -0.39 is 8.03 Å². The predicted molar refractivity (Wildman–Crippen MR) is 77.7 cm³/mol. The predicted octanol–water partition coefficient (Wildman–Crippen LogP) is 4.26. The van der Waals surface area contributed by atoms with Gasteiger partial charge in [-0.25, -0.2) is 0 Å². The Labute approximate surface area is 111 Å². The Balaban J connectivity index is 2.45. The van der Waals surface area contributed by atoms with Crippen LogP contribution in [0.25, 0.3) is 0 Å². The van der Waals surface area contributed by atoms with Gasteiger partial charge in [-0.3, -0.25) is 0 Å². The third-order valence-corrected chi connectivity index (χ3v) is 4.09.